The van der Waals surface area contributed by atoms with Gasteiger partial charge in [-0.25, -0.2) is 4.39 Å². The molecule has 0 amide bonds. The van der Waals surface area contributed by atoms with Gasteiger partial charge in [-0.15, -0.1) is 0 Å². The van der Waals surface area contributed by atoms with Crippen LogP contribution >= 0.6 is 11.6 Å². The molecule has 1 atom stereocenters. The van der Waals surface area contributed by atoms with E-state index in [4.69, 9.17) is 16.3 Å². The Hall–Kier alpha value is -1.74. The summed E-state index contributed by atoms with van der Waals surface area (Å²) in [6.45, 7) is 0. The Morgan fingerprint density at radius 2 is 2.10 bits per heavy atom. The van der Waals surface area contributed by atoms with Gasteiger partial charge in [-0.1, -0.05) is 17.7 Å². The molecule has 1 aliphatic rings. The maximum absolute atomic E-state index is 13.4. The molecule has 0 bridgehead atoms. The highest BCUT2D eigenvalue weighted by molar-refractivity contribution is 6.30. The highest BCUT2D eigenvalue weighted by atomic mass is 35.5. The van der Waals surface area contributed by atoms with E-state index in [1.807, 2.05) is 6.07 Å². The van der Waals surface area contributed by atoms with Gasteiger partial charge >= 0.3 is 0 Å². The minimum absolute atomic E-state index is 0.178. The molecule has 2 aromatic rings. The van der Waals surface area contributed by atoms with Gasteiger partial charge in [0, 0.05) is 10.7 Å². The van der Waals surface area contributed by atoms with Crippen molar-refractivity contribution in [2.75, 3.05) is 12.4 Å². The largest absolute Gasteiger partial charge is 0.497 e. The molecule has 0 fully saturated rings. The summed E-state index contributed by atoms with van der Waals surface area (Å²) >= 11 is 5.91. The second-order valence-corrected chi connectivity index (χ2v) is 5.75. The topological polar surface area (TPSA) is 21.3 Å². The zero-order valence-electron chi connectivity index (χ0n) is 11.8. The summed E-state index contributed by atoms with van der Waals surface area (Å²) in [5.74, 6) is 0.555. The van der Waals surface area contributed by atoms with E-state index in [0.29, 0.717) is 10.7 Å². The number of aryl methyl sites for hydroxylation is 1. The molecule has 0 aromatic heterocycles. The summed E-state index contributed by atoms with van der Waals surface area (Å²) in [5, 5.41) is 3.80. The predicted molar refractivity (Wildman–Crippen MR) is 83.7 cm³/mol. The summed E-state index contributed by atoms with van der Waals surface area (Å²) < 4.78 is 18.7. The van der Waals surface area contributed by atoms with E-state index < -0.39 is 0 Å². The van der Waals surface area contributed by atoms with E-state index in [-0.39, 0.29) is 11.9 Å². The number of hydrogen-bond acceptors (Lipinski definition) is 2. The van der Waals surface area contributed by atoms with E-state index in [0.717, 1.165) is 25.0 Å². The molecule has 2 aromatic carbocycles. The van der Waals surface area contributed by atoms with Crippen molar-refractivity contribution in [3.63, 3.8) is 0 Å². The van der Waals surface area contributed by atoms with E-state index in [1.54, 1.807) is 13.2 Å². The number of rotatable bonds is 3. The number of hydrogen-bond donors (Lipinski definition) is 1. The van der Waals surface area contributed by atoms with Gasteiger partial charge < -0.3 is 10.1 Å². The first kappa shape index (κ1) is 14.2. The van der Waals surface area contributed by atoms with Gasteiger partial charge in [0.05, 0.1) is 13.2 Å². The van der Waals surface area contributed by atoms with Crippen LogP contribution in [0.15, 0.2) is 36.4 Å². The van der Waals surface area contributed by atoms with Crippen LogP contribution in [0.5, 0.6) is 5.75 Å². The van der Waals surface area contributed by atoms with Crippen molar-refractivity contribution in [1.82, 2.24) is 0 Å². The molecular weight excluding hydrogens is 289 g/mol. The van der Waals surface area contributed by atoms with Crippen LogP contribution in [-0.4, -0.2) is 7.11 Å². The molecule has 110 valence electrons. The summed E-state index contributed by atoms with van der Waals surface area (Å²) in [6, 6.07) is 10.9. The van der Waals surface area contributed by atoms with Crippen LogP contribution in [0.1, 0.15) is 30.0 Å². The van der Waals surface area contributed by atoms with Crippen molar-refractivity contribution in [3.05, 3.63) is 58.4 Å². The maximum atomic E-state index is 13.4. The average Bonchev–Trinajstić information content (AvgIpc) is 2.46. The molecule has 1 aliphatic carbocycles. The monoisotopic (exact) mass is 305 g/mol. The lowest BCUT2D eigenvalue weighted by Gasteiger charge is -2.27. The number of methoxy groups -OCH3 is 1. The molecule has 0 spiro atoms. The van der Waals surface area contributed by atoms with Gasteiger partial charge in [0.15, 0.2) is 0 Å². The Bertz CT molecular complexity index is 639. The molecular formula is C17H17ClFNO. The van der Waals surface area contributed by atoms with Gasteiger partial charge in [0.25, 0.3) is 0 Å². The molecule has 2 nitrogen and oxygen atoms in total. The normalized spacial score (nSPS) is 17.2. The third kappa shape index (κ3) is 3.13. The average molecular weight is 306 g/mol. The second kappa shape index (κ2) is 5.94. The molecule has 0 heterocycles. The zero-order chi connectivity index (χ0) is 14.8. The molecule has 3 rings (SSSR count). The van der Waals surface area contributed by atoms with Crippen LogP contribution in [0.4, 0.5) is 10.1 Å². The van der Waals surface area contributed by atoms with E-state index in [2.05, 4.69) is 17.4 Å². The first-order valence-corrected chi connectivity index (χ1v) is 7.43. The Labute approximate surface area is 128 Å². The minimum atomic E-state index is -0.323. The third-order valence-electron chi connectivity index (χ3n) is 3.87. The van der Waals surface area contributed by atoms with Crippen LogP contribution in [0.2, 0.25) is 5.02 Å². The molecule has 0 radical (unpaired) electrons. The number of nitrogens with one attached hydrogen (secondary N) is 1. The number of benzene rings is 2. The fourth-order valence-corrected chi connectivity index (χ4v) is 3.13. The van der Waals surface area contributed by atoms with Crippen molar-refractivity contribution in [1.29, 1.82) is 0 Å². The Morgan fingerprint density at radius 3 is 2.86 bits per heavy atom. The highest BCUT2D eigenvalue weighted by Gasteiger charge is 2.20. The van der Waals surface area contributed by atoms with Crippen LogP contribution in [0, 0.1) is 5.82 Å². The fourth-order valence-electron chi connectivity index (χ4n) is 2.91. The van der Waals surface area contributed by atoms with Gasteiger partial charge in [0.2, 0.25) is 0 Å². The van der Waals surface area contributed by atoms with Gasteiger partial charge in [0.1, 0.15) is 11.6 Å². The third-order valence-corrected chi connectivity index (χ3v) is 4.09. The van der Waals surface area contributed by atoms with Crippen molar-refractivity contribution >= 4 is 17.3 Å². The number of fused-ring (bicyclic) bond motifs is 1. The van der Waals surface area contributed by atoms with E-state index in [9.17, 15) is 4.39 Å². The van der Waals surface area contributed by atoms with Crippen molar-refractivity contribution in [2.45, 2.75) is 25.3 Å². The molecule has 1 unspecified atom stereocenters. The van der Waals surface area contributed by atoms with Crippen LogP contribution in [0.3, 0.4) is 0 Å². The molecule has 0 saturated carbocycles. The summed E-state index contributed by atoms with van der Waals surface area (Å²) in [6.07, 6.45) is 3.17. The second-order valence-electron chi connectivity index (χ2n) is 5.31. The number of halogens is 2. The smallest absolute Gasteiger partial charge is 0.126 e. The minimum Gasteiger partial charge on any atom is -0.497 e. The Balaban J connectivity index is 1.88. The number of anilines is 1. The quantitative estimate of drug-likeness (QED) is 0.863. The summed E-state index contributed by atoms with van der Waals surface area (Å²) in [4.78, 5) is 0. The van der Waals surface area contributed by atoms with Crippen LogP contribution < -0.4 is 10.1 Å². The molecule has 1 N–H and O–H groups in total. The first-order valence-electron chi connectivity index (χ1n) is 7.05. The number of ether oxygens (including phenoxy) is 1. The SMILES string of the molecule is COc1ccc2c(c1)CCCC2Nc1cc(F)cc(Cl)c1. The standard InChI is InChI=1S/C17H17ClFNO/c1-21-15-5-6-16-11(7-15)3-2-4-17(16)20-14-9-12(18)8-13(19)10-14/h5-10,17,20H,2-4H2,1H3. The predicted octanol–water partition coefficient (Wildman–Crippen LogP) is 4.98. The Kier molecular flexibility index (Phi) is 4.02. The molecule has 4 heteroatoms. The van der Waals surface area contributed by atoms with Gasteiger partial charge in [-0.2, -0.15) is 0 Å². The van der Waals surface area contributed by atoms with Crippen molar-refractivity contribution in [2.24, 2.45) is 0 Å². The van der Waals surface area contributed by atoms with Crippen molar-refractivity contribution in [3.8, 4) is 5.75 Å². The van der Waals surface area contributed by atoms with Gasteiger partial charge in [-0.3, -0.25) is 0 Å². The molecule has 21 heavy (non-hydrogen) atoms. The maximum Gasteiger partial charge on any atom is 0.126 e. The molecule has 0 aliphatic heterocycles. The zero-order valence-corrected chi connectivity index (χ0v) is 12.6. The highest BCUT2D eigenvalue weighted by Crippen LogP contribution is 2.35. The van der Waals surface area contributed by atoms with E-state index >= 15 is 0 Å². The lowest BCUT2D eigenvalue weighted by Crippen LogP contribution is -2.17. The summed E-state index contributed by atoms with van der Waals surface area (Å²) in [5.41, 5.74) is 3.26. The fraction of sp³-hybridized carbons (Fsp3) is 0.294. The Morgan fingerprint density at radius 1 is 1.24 bits per heavy atom. The van der Waals surface area contributed by atoms with E-state index in [1.165, 1.54) is 23.3 Å². The van der Waals surface area contributed by atoms with Gasteiger partial charge in [-0.05, 0) is 60.7 Å². The van der Waals surface area contributed by atoms with Crippen LogP contribution in [-0.2, 0) is 6.42 Å². The summed E-state index contributed by atoms with van der Waals surface area (Å²) in [7, 11) is 1.68. The lowest BCUT2D eigenvalue weighted by atomic mass is 9.87. The van der Waals surface area contributed by atoms with Crippen LogP contribution in [0.25, 0.3) is 0 Å². The van der Waals surface area contributed by atoms with Crippen molar-refractivity contribution < 1.29 is 9.13 Å². The first-order chi connectivity index (χ1) is 10.2. The molecule has 0 saturated heterocycles. The lowest BCUT2D eigenvalue weighted by molar-refractivity contribution is 0.413.